The molecule has 17 heteroatoms. The summed E-state index contributed by atoms with van der Waals surface area (Å²) in [7, 11) is 0. The Bertz CT molecular complexity index is 2800. The topological polar surface area (TPSA) is 208 Å². The molecule has 16 nitrogen and oxygen atoms in total. The monoisotopic (exact) mass is 1060 g/mol. The number of aromatic amines is 1. The molecular formula is C59H79N7O9S. The van der Waals surface area contributed by atoms with Gasteiger partial charge < -0.3 is 49.8 Å². The van der Waals surface area contributed by atoms with Crippen LogP contribution in [0.25, 0.3) is 21.6 Å². The Morgan fingerprint density at radius 3 is 2.30 bits per heavy atom. The van der Waals surface area contributed by atoms with E-state index in [0.29, 0.717) is 37.0 Å². The largest absolute Gasteiger partial charge is 0.391 e. The van der Waals surface area contributed by atoms with Gasteiger partial charge in [0.05, 0.1) is 41.4 Å². The number of hydrogen-bond donors (Lipinski definition) is 6. The van der Waals surface area contributed by atoms with Crippen molar-refractivity contribution in [3.63, 3.8) is 0 Å². The lowest BCUT2D eigenvalue weighted by molar-refractivity contribution is -0.143. The average molecular weight is 1060 g/mol. The predicted octanol–water partition coefficient (Wildman–Crippen LogP) is 7.46. The Labute approximate surface area is 452 Å². The summed E-state index contributed by atoms with van der Waals surface area (Å²) in [5.41, 5.74) is 11.6. The number of aromatic nitrogens is 2. The Kier molecular flexibility index (Phi) is 20.2. The summed E-state index contributed by atoms with van der Waals surface area (Å²) in [6, 6.07) is 20.9. The number of β-amino-alcohol motifs (C(OH)–C–C–N with tert-alkyl or cyclic N) is 1. The van der Waals surface area contributed by atoms with Crippen molar-refractivity contribution >= 4 is 34.7 Å². The van der Waals surface area contributed by atoms with Crippen LogP contribution in [0.1, 0.15) is 116 Å². The highest BCUT2D eigenvalue weighted by molar-refractivity contribution is 7.13. The van der Waals surface area contributed by atoms with Gasteiger partial charge in [0.25, 0.3) is 11.5 Å². The van der Waals surface area contributed by atoms with Crippen molar-refractivity contribution in [1.29, 1.82) is 0 Å². The molecule has 2 aliphatic rings. The van der Waals surface area contributed by atoms with E-state index in [-0.39, 0.29) is 62.7 Å². The average Bonchev–Trinajstić information content (AvgIpc) is 4.02. The van der Waals surface area contributed by atoms with Crippen LogP contribution in [-0.2, 0) is 36.8 Å². The molecule has 0 radical (unpaired) electrons. The van der Waals surface area contributed by atoms with E-state index in [9.17, 15) is 29.4 Å². The first-order chi connectivity index (χ1) is 36.3. The molecule has 7 rings (SSSR count). The molecule has 0 aliphatic carbocycles. The Balaban J connectivity index is 0.873. The zero-order chi connectivity index (χ0) is 54.7. The summed E-state index contributed by atoms with van der Waals surface area (Å²) in [6.07, 6.45) is 1.60. The molecule has 0 saturated carbocycles. The van der Waals surface area contributed by atoms with Crippen molar-refractivity contribution in [3.8, 4) is 21.6 Å². The van der Waals surface area contributed by atoms with Crippen molar-refractivity contribution in [3.05, 3.63) is 127 Å². The highest BCUT2D eigenvalue weighted by Gasteiger charge is 2.44. The molecule has 0 bridgehead atoms. The van der Waals surface area contributed by atoms with E-state index >= 15 is 0 Å². The maximum atomic E-state index is 14.2. The number of nitrogens with zero attached hydrogens (tertiary/aromatic N) is 3. The number of pyridine rings is 1. The van der Waals surface area contributed by atoms with Gasteiger partial charge in [-0.25, -0.2) is 4.98 Å². The number of likely N-dealkylation sites (tertiary alicyclic amines) is 1. The van der Waals surface area contributed by atoms with Crippen LogP contribution < -0.4 is 26.4 Å². The molecule has 2 fully saturated rings. The molecule has 1 unspecified atom stereocenters. The third-order valence-corrected chi connectivity index (χ3v) is 15.7. The second-order valence-electron chi connectivity index (χ2n) is 21.4. The fourth-order valence-electron chi connectivity index (χ4n) is 10.4. The number of nitrogens with one attached hydrogen (secondary N) is 4. The van der Waals surface area contributed by atoms with Crippen molar-refractivity contribution in [2.24, 2.45) is 5.41 Å². The molecule has 76 heavy (non-hydrogen) atoms. The molecule has 6 N–H and O–H groups in total. The van der Waals surface area contributed by atoms with Gasteiger partial charge in [0, 0.05) is 74.0 Å². The summed E-state index contributed by atoms with van der Waals surface area (Å²) in [4.78, 5) is 66.3. The van der Waals surface area contributed by atoms with Gasteiger partial charge in [-0.05, 0) is 136 Å². The molecule has 3 aromatic carbocycles. The van der Waals surface area contributed by atoms with Gasteiger partial charge in [-0.3, -0.25) is 24.5 Å². The third-order valence-electron chi connectivity index (χ3n) is 14.7. The maximum absolute atomic E-state index is 14.2. The number of carbonyl (C=O) groups excluding carboxylic acids is 3. The molecule has 2 saturated heterocycles. The second kappa shape index (κ2) is 26.5. The number of aryl methyl sites for hydroxylation is 4. The molecular weight excluding hydrogens is 983 g/mol. The van der Waals surface area contributed by atoms with E-state index in [2.05, 4.69) is 68.1 Å². The summed E-state index contributed by atoms with van der Waals surface area (Å²) in [5.74, 6) is -1.07. The number of aliphatic hydroxyl groups excluding tert-OH is 2. The van der Waals surface area contributed by atoms with Gasteiger partial charge >= 0.3 is 0 Å². The Morgan fingerprint density at radius 1 is 0.947 bits per heavy atom. The lowest BCUT2D eigenvalue weighted by Gasteiger charge is -2.37. The van der Waals surface area contributed by atoms with Crippen LogP contribution in [0.5, 0.6) is 0 Å². The van der Waals surface area contributed by atoms with Crippen LogP contribution >= 0.6 is 11.3 Å². The zero-order valence-electron chi connectivity index (χ0n) is 45.8. The second-order valence-corrected chi connectivity index (χ2v) is 22.3. The SMILES string of the molecule is CCN(c1cc(-c2ccc(CCCOCCOCC(=O)N[C@H](C(=O)N3C[C@H](O)C[C@H]3C(O)N[C@@H](C)c3ccc(-c4scnc4C)cc3)C(C)(C)C)cc2)cc(C(=O)NCc2c(C)cc(C)[nH]c2=O)c1C)C1CCOCC1. The van der Waals surface area contributed by atoms with Crippen molar-refractivity contribution < 1.29 is 38.8 Å². The maximum Gasteiger partial charge on any atom is 0.253 e. The van der Waals surface area contributed by atoms with E-state index in [1.165, 1.54) is 4.90 Å². The van der Waals surface area contributed by atoms with Crippen LogP contribution in [0.15, 0.2) is 77.0 Å². The minimum absolute atomic E-state index is 0.0365. The highest BCUT2D eigenvalue weighted by Crippen LogP contribution is 2.35. The van der Waals surface area contributed by atoms with Gasteiger partial charge in [0.1, 0.15) is 18.9 Å². The number of benzene rings is 3. The normalized spacial score (nSPS) is 17.3. The predicted molar refractivity (Wildman–Crippen MR) is 298 cm³/mol. The van der Waals surface area contributed by atoms with Crippen molar-refractivity contribution in [1.82, 2.24) is 30.8 Å². The molecule has 5 aromatic rings. The lowest BCUT2D eigenvalue weighted by atomic mass is 9.85. The first-order valence-electron chi connectivity index (χ1n) is 26.8. The van der Waals surface area contributed by atoms with Gasteiger partial charge in [-0.2, -0.15) is 0 Å². The number of anilines is 1. The first kappa shape index (κ1) is 57.9. The molecule has 5 atom stereocenters. The van der Waals surface area contributed by atoms with Crippen LogP contribution in [0.3, 0.4) is 0 Å². The van der Waals surface area contributed by atoms with Gasteiger partial charge in [-0.15, -0.1) is 11.3 Å². The van der Waals surface area contributed by atoms with Gasteiger partial charge in [0.2, 0.25) is 11.8 Å². The number of amides is 3. The van der Waals surface area contributed by atoms with Crippen molar-refractivity contribution in [2.45, 2.75) is 137 Å². The summed E-state index contributed by atoms with van der Waals surface area (Å²) >= 11 is 1.59. The molecule has 410 valence electrons. The smallest absolute Gasteiger partial charge is 0.253 e. The molecule has 2 aromatic heterocycles. The number of aliphatic hydroxyl groups is 2. The molecule has 3 amide bonds. The first-order valence-corrected chi connectivity index (χ1v) is 27.6. The number of thiazole rings is 1. The number of hydrogen-bond acceptors (Lipinski definition) is 13. The summed E-state index contributed by atoms with van der Waals surface area (Å²) in [6.45, 7) is 20.4. The van der Waals surface area contributed by atoms with E-state index in [4.69, 9.17) is 14.2 Å². The number of ether oxygens (including phenoxy) is 3. The molecule has 4 heterocycles. The van der Waals surface area contributed by atoms with Crippen LogP contribution in [0.4, 0.5) is 5.69 Å². The van der Waals surface area contributed by atoms with E-state index in [0.717, 1.165) is 93.1 Å². The van der Waals surface area contributed by atoms with Gasteiger partial charge in [-0.1, -0.05) is 69.3 Å². The standard InChI is InChI=1S/C59H79N7O9S/c1-10-65(46-21-24-74-25-22-46)50-30-45(29-48(38(50)4)55(69)60-32-49-36(2)28-37(3)62-56(49)70)43-15-13-41(14-16-43)12-11-23-73-26-27-75-34-52(68)64-54(59(7,8)9)58(72)66-33-47(67)31-51(66)57(71)63-39(5)42-17-19-44(20-18-42)53-40(6)61-35-76-53/h13-20,28-30,35,39,46-47,51,54,57,63,67,71H,10-12,21-27,31-34H2,1-9H3,(H,60,69)(H,62,70)(H,64,68)/t39-,47+,51-,54+,57?/m0/s1. The van der Waals surface area contributed by atoms with Crippen LogP contribution in [0.2, 0.25) is 0 Å². The number of H-pyrrole nitrogens is 1. The molecule has 2 aliphatic heterocycles. The number of carbonyl (C=O) groups is 3. The van der Waals surface area contributed by atoms with Crippen LogP contribution in [0, 0.1) is 33.1 Å². The zero-order valence-corrected chi connectivity index (χ0v) is 46.6. The highest BCUT2D eigenvalue weighted by atomic mass is 32.1. The molecule has 0 spiro atoms. The summed E-state index contributed by atoms with van der Waals surface area (Å²) < 4.78 is 17.2. The minimum atomic E-state index is -1.13. The van der Waals surface area contributed by atoms with Gasteiger partial charge in [0.15, 0.2) is 0 Å². The number of rotatable bonds is 23. The summed E-state index contributed by atoms with van der Waals surface area (Å²) in [5, 5.41) is 31.3. The third kappa shape index (κ3) is 14.8. The van der Waals surface area contributed by atoms with Crippen molar-refractivity contribution in [2.75, 3.05) is 57.6 Å². The minimum Gasteiger partial charge on any atom is -0.391 e. The fraction of sp³-hybridized carbons (Fsp3) is 0.508. The van der Waals surface area contributed by atoms with E-state index < -0.39 is 35.7 Å². The lowest BCUT2D eigenvalue weighted by Crippen LogP contribution is -2.59. The Morgan fingerprint density at radius 2 is 1.64 bits per heavy atom. The van der Waals surface area contributed by atoms with E-state index in [1.807, 2.05) is 97.3 Å². The quantitative estimate of drug-likeness (QED) is 0.0279. The van der Waals surface area contributed by atoms with Crippen LogP contribution in [-0.4, -0.2) is 126 Å². The Hall–Kier alpha value is -5.79. The van der Waals surface area contributed by atoms with E-state index in [1.54, 1.807) is 11.3 Å². The fourth-order valence-corrected chi connectivity index (χ4v) is 11.2.